The van der Waals surface area contributed by atoms with Crippen LogP contribution in [0.4, 0.5) is 10.8 Å². The molecule has 0 saturated heterocycles. The predicted molar refractivity (Wildman–Crippen MR) is 129 cm³/mol. The van der Waals surface area contributed by atoms with Gasteiger partial charge in [0.2, 0.25) is 5.91 Å². The van der Waals surface area contributed by atoms with E-state index in [9.17, 15) is 4.79 Å². The molecule has 0 aliphatic heterocycles. The molecule has 9 heteroatoms. The molecule has 4 aromatic rings. The van der Waals surface area contributed by atoms with Gasteiger partial charge in [0.25, 0.3) is 0 Å². The van der Waals surface area contributed by atoms with E-state index in [4.69, 9.17) is 4.98 Å². The van der Waals surface area contributed by atoms with Gasteiger partial charge in [-0.25, -0.2) is 4.98 Å². The summed E-state index contributed by atoms with van der Waals surface area (Å²) in [5.74, 6) is 1.51. The van der Waals surface area contributed by atoms with Gasteiger partial charge in [-0.3, -0.25) is 9.69 Å². The molecular formula is C22H23N5OS3. The summed E-state index contributed by atoms with van der Waals surface area (Å²) in [6.07, 6.45) is 0. The lowest BCUT2D eigenvalue weighted by Crippen LogP contribution is -2.23. The number of aromatic nitrogens is 4. The third-order valence-electron chi connectivity index (χ3n) is 4.76. The summed E-state index contributed by atoms with van der Waals surface area (Å²) >= 11 is 4.76. The number of aryl methyl sites for hydroxylation is 2. The second-order valence-corrected chi connectivity index (χ2v) is 9.81. The minimum absolute atomic E-state index is 0.0492. The zero-order valence-corrected chi connectivity index (χ0v) is 20.3. The Morgan fingerprint density at radius 3 is 2.71 bits per heavy atom. The molecule has 3 heterocycles. The van der Waals surface area contributed by atoms with Crippen molar-refractivity contribution in [1.82, 2.24) is 19.7 Å². The van der Waals surface area contributed by atoms with E-state index in [0.717, 1.165) is 39.3 Å². The summed E-state index contributed by atoms with van der Waals surface area (Å²) in [7, 11) is 0. The zero-order valence-electron chi connectivity index (χ0n) is 17.8. The fraction of sp³-hybridized carbons (Fsp3) is 0.273. The van der Waals surface area contributed by atoms with E-state index in [2.05, 4.69) is 33.8 Å². The molecule has 0 unspecified atom stereocenters. The monoisotopic (exact) mass is 469 g/mol. The molecule has 1 aromatic carbocycles. The van der Waals surface area contributed by atoms with Crippen molar-refractivity contribution in [2.75, 3.05) is 4.90 Å². The van der Waals surface area contributed by atoms with Crippen LogP contribution in [0.25, 0.3) is 10.7 Å². The highest BCUT2D eigenvalue weighted by molar-refractivity contribution is 7.98. The molecule has 0 aliphatic carbocycles. The maximum absolute atomic E-state index is 12.4. The third-order valence-corrected chi connectivity index (χ3v) is 7.50. The standard InChI is InChI=1S/C22H23N5OS3/c1-5-26-20(19-7-6-10-29-19)24-25-22(26)31-13-17-12-30-21(23-17)27(16(4)28)18-9-8-14(2)11-15(18)3/h6-12H,5,13H2,1-4H3. The molecule has 6 nitrogen and oxygen atoms in total. The van der Waals surface area contributed by atoms with Crippen LogP contribution in [0.3, 0.4) is 0 Å². The number of nitrogens with zero attached hydrogens (tertiary/aromatic N) is 5. The Balaban J connectivity index is 1.53. The van der Waals surface area contributed by atoms with Gasteiger partial charge < -0.3 is 4.57 Å². The number of benzene rings is 1. The smallest absolute Gasteiger partial charge is 0.230 e. The summed E-state index contributed by atoms with van der Waals surface area (Å²) in [5.41, 5.74) is 4.02. The fourth-order valence-corrected chi connectivity index (χ4v) is 5.93. The van der Waals surface area contributed by atoms with Crippen molar-refractivity contribution < 1.29 is 4.79 Å². The lowest BCUT2D eigenvalue weighted by molar-refractivity contribution is -0.115. The van der Waals surface area contributed by atoms with Crippen LogP contribution in [0.5, 0.6) is 0 Å². The van der Waals surface area contributed by atoms with E-state index < -0.39 is 0 Å². The molecule has 0 bridgehead atoms. The molecule has 0 radical (unpaired) electrons. The van der Waals surface area contributed by atoms with Gasteiger partial charge in [-0.15, -0.1) is 32.9 Å². The number of amides is 1. The molecular weight excluding hydrogens is 446 g/mol. The molecule has 0 atom stereocenters. The SMILES string of the molecule is CCn1c(SCc2csc(N(C(C)=O)c3ccc(C)cc3C)n2)nnc1-c1cccs1. The Kier molecular flexibility index (Phi) is 6.54. The largest absolute Gasteiger partial charge is 0.302 e. The minimum atomic E-state index is -0.0492. The number of hydrogen-bond acceptors (Lipinski definition) is 7. The highest BCUT2D eigenvalue weighted by Crippen LogP contribution is 2.34. The third kappa shape index (κ3) is 4.58. The fourth-order valence-electron chi connectivity index (χ4n) is 3.34. The Hall–Kier alpha value is -2.49. The molecule has 4 rings (SSSR count). The van der Waals surface area contributed by atoms with Gasteiger partial charge in [-0.1, -0.05) is 35.5 Å². The maximum atomic E-state index is 12.4. The van der Waals surface area contributed by atoms with Crippen molar-refractivity contribution in [2.24, 2.45) is 0 Å². The van der Waals surface area contributed by atoms with Crippen molar-refractivity contribution in [2.45, 2.75) is 45.1 Å². The summed E-state index contributed by atoms with van der Waals surface area (Å²) in [6.45, 7) is 8.54. The van der Waals surface area contributed by atoms with Crippen molar-refractivity contribution in [3.63, 3.8) is 0 Å². The summed E-state index contributed by atoms with van der Waals surface area (Å²) in [5, 5.41) is 14.4. The van der Waals surface area contributed by atoms with Crippen molar-refractivity contribution >= 4 is 51.2 Å². The first-order valence-electron chi connectivity index (χ1n) is 9.90. The molecule has 0 N–H and O–H groups in total. The molecule has 1 amide bonds. The van der Waals surface area contributed by atoms with Crippen molar-refractivity contribution in [3.05, 3.63) is 57.9 Å². The van der Waals surface area contributed by atoms with Crippen LogP contribution >= 0.6 is 34.4 Å². The number of carbonyl (C=O) groups excluding carboxylic acids is 1. The van der Waals surface area contributed by atoms with Gasteiger partial charge >= 0.3 is 0 Å². The summed E-state index contributed by atoms with van der Waals surface area (Å²) < 4.78 is 2.13. The summed E-state index contributed by atoms with van der Waals surface area (Å²) in [4.78, 5) is 20.0. The van der Waals surface area contributed by atoms with Gasteiger partial charge in [0.05, 0.1) is 16.3 Å². The highest BCUT2D eigenvalue weighted by atomic mass is 32.2. The normalized spacial score (nSPS) is 11.1. The first-order chi connectivity index (χ1) is 15.0. The molecule has 3 aromatic heterocycles. The number of anilines is 2. The number of thioether (sulfide) groups is 1. The van der Waals surface area contributed by atoms with Gasteiger partial charge in [-0.05, 0) is 43.8 Å². The molecule has 160 valence electrons. The Morgan fingerprint density at radius 2 is 2.03 bits per heavy atom. The van der Waals surface area contributed by atoms with Crippen molar-refractivity contribution in [3.8, 4) is 10.7 Å². The summed E-state index contributed by atoms with van der Waals surface area (Å²) in [6, 6.07) is 10.2. The van der Waals surface area contributed by atoms with E-state index in [-0.39, 0.29) is 5.91 Å². The van der Waals surface area contributed by atoms with Gasteiger partial charge in [0, 0.05) is 24.6 Å². The molecule has 31 heavy (non-hydrogen) atoms. The molecule has 0 fully saturated rings. The number of hydrogen-bond donors (Lipinski definition) is 0. The zero-order chi connectivity index (χ0) is 22.0. The number of rotatable bonds is 7. The average molecular weight is 470 g/mol. The Bertz CT molecular complexity index is 1200. The quantitative estimate of drug-likeness (QED) is 0.307. The lowest BCUT2D eigenvalue weighted by Gasteiger charge is -2.20. The maximum Gasteiger partial charge on any atom is 0.230 e. The first kappa shape index (κ1) is 21.7. The van der Waals surface area contributed by atoms with Crippen LogP contribution in [-0.2, 0) is 17.1 Å². The van der Waals surface area contributed by atoms with Gasteiger partial charge in [0.15, 0.2) is 16.1 Å². The predicted octanol–water partition coefficient (Wildman–Crippen LogP) is 6.08. The van der Waals surface area contributed by atoms with Crippen LogP contribution in [0.15, 0.2) is 46.2 Å². The second kappa shape index (κ2) is 9.33. The van der Waals surface area contributed by atoms with Crippen LogP contribution in [0.2, 0.25) is 0 Å². The van der Waals surface area contributed by atoms with E-state index in [0.29, 0.717) is 10.9 Å². The molecule has 0 saturated carbocycles. The topological polar surface area (TPSA) is 63.9 Å². The Morgan fingerprint density at radius 1 is 1.19 bits per heavy atom. The van der Waals surface area contributed by atoms with E-state index in [1.807, 2.05) is 42.8 Å². The number of thiophene rings is 1. The van der Waals surface area contributed by atoms with E-state index >= 15 is 0 Å². The lowest BCUT2D eigenvalue weighted by atomic mass is 10.1. The van der Waals surface area contributed by atoms with Crippen LogP contribution in [0, 0.1) is 13.8 Å². The average Bonchev–Trinajstić information content (AvgIpc) is 3.48. The second-order valence-electron chi connectivity index (χ2n) is 7.08. The minimum Gasteiger partial charge on any atom is -0.302 e. The van der Waals surface area contributed by atoms with Gasteiger partial charge in [-0.2, -0.15) is 0 Å². The number of thiazole rings is 1. The van der Waals surface area contributed by atoms with E-state index in [1.165, 1.54) is 16.9 Å². The van der Waals surface area contributed by atoms with Gasteiger partial charge in [0.1, 0.15) is 0 Å². The van der Waals surface area contributed by atoms with Crippen LogP contribution in [-0.4, -0.2) is 25.7 Å². The number of carbonyl (C=O) groups is 1. The van der Waals surface area contributed by atoms with E-state index in [1.54, 1.807) is 34.9 Å². The molecule has 0 spiro atoms. The first-order valence-corrected chi connectivity index (χ1v) is 12.6. The highest BCUT2D eigenvalue weighted by Gasteiger charge is 2.20. The van der Waals surface area contributed by atoms with Crippen LogP contribution < -0.4 is 4.90 Å². The van der Waals surface area contributed by atoms with Crippen LogP contribution in [0.1, 0.15) is 30.7 Å². The molecule has 0 aliphatic rings. The van der Waals surface area contributed by atoms with Crippen molar-refractivity contribution in [1.29, 1.82) is 0 Å². The Labute approximate surface area is 194 Å².